The molecule has 0 atom stereocenters. The monoisotopic (exact) mass is 292 g/mol. The number of rotatable bonds is 4. The van der Waals surface area contributed by atoms with Crippen LogP contribution in [0, 0.1) is 17.0 Å². The molecule has 0 bridgehead atoms. The first-order valence-electron chi connectivity index (χ1n) is 5.92. The third-order valence-electron chi connectivity index (χ3n) is 2.76. The van der Waals surface area contributed by atoms with E-state index in [1.807, 2.05) is 13.0 Å². The van der Waals surface area contributed by atoms with E-state index in [9.17, 15) is 10.1 Å². The van der Waals surface area contributed by atoms with Gasteiger partial charge in [-0.3, -0.25) is 10.1 Å². The van der Waals surface area contributed by atoms with Crippen LogP contribution in [0.5, 0.6) is 11.5 Å². The van der Waals surface area contributed by atoms with Crippen molar-refractivity contribution in [1.82, 2.24) is 0 Å². The second-order valence-corrected chi connectivity index (χ2v) is 4.60. The number of hydrogen-bond donors (Lipinski definition) is 1. The maximum absolute atomic E-state index is 11.2. The van der Waals surface area contributed by atoms with Crippen LogP contribution in [0.2, 0.25) is 5.02 Å². The first kappa shape index (κ1) is 14.1. The van der Waals surface area contributed by atoms with Crippen LogP contribution in [0.1, 0.15) is 5.56 Å². The van der Waals surface area contributed by atoms with Gasteiger partial charge in [-0.05, 0) is 36.8 Å². The number of para-hydroxylation sites is 1. The fourth-order valence-corrected chi connectivity index (χ4v) is 2.08. The van der Waals surface area contributed by atoms with Crippen LogP contribution in [0.15, 0.2) is 36.4 Å². The summed E-state index contributed by atoms with van der Waals surface area (Å²) in [5.41, 5.74) is 1.25. The molecule has 0 saturated heterocycles. The smallest absolute Gasteiger partial charge is 0.334 e. The Balaban J connectivity index is 2.45. The van der Waals surface area contributed by atoms with Gasteiger partial charge in [-0.15, -0.1) is 0 Å². The van der Waals surface area contributed by atoms with Crippen LogP contribution in [-0.4, -0.2) is 12.0 Å². The molecule has 0 spiro atoms. The highest BCUT2D eigenvalue weighted by Crippen LogP contribution is 2.39. The predicted octanol–water partition coefficient (Wildman–Crippen LogP) is 4.39. The van der Waals surface area contributed by atoms with Crippen LogP contribution < -0.4 is 10.1 Å². The van der Waals surface area contributed by atoms with Crippen LogP contribution in [0.25, 0.3) is 0 Å². The molecule has 0 heterocycles. The van der Waals surface area contributed by atoms with E-state index >= 15 is 0 Å². The van der Waals surface area contributed by atoms with Crippen molar-refractivity contribution in [3.05, 3.63) is 57.1 Å². The zero-order valence-electron chi connectivity index (χ0n) is 11.0. The molecular formula is C14H13ClN2O3. The van der Waals surface area contributed by atoms with Crippen molar-refractivity contribution in [3.8, 4) is 11.5 Å². The van der Waals surface area contributed by atoms with Gasteiger partial charge in [0.05, 0.1) is 9.95 Å². The summed E-state index contributed by atoms with van der Waals surface area (Å²) in [6.45, 7) is 1.90. The molecule has 0 aromatic heterocycles. The largest absolute Gasteiger partial charge is 0.448 e. The number of anilines is 1. The van der Waals surface area contributed by atoms with Crippen LogP contribution in [0.4, 0.5) is 11.4 Å². The van der Waals surface area contributed by atoms with Gasteiger partial charge in [-0.1, -0.05) is 23.7 Å². The molecule has 0 fully saturated rings. The number of nitro groups is 1. The molecule has 20 heavy (non-hydrogen) atoms. The summed E-state index contributed by atoms with van der Waals surface area (Å²) in [5, 5.41) is 14.4. The Kier molecular flexibility index (Phi) is 4.10. The van der Waals surface area contributed by atoms with Crippen molar-refractivity contribution >= 4 is 23.0 Å². The van der Waals surface area contributed by atoms with Crippen molar-refractivity contribution in [2.45, 2.75) is 6.92 Å². The normalized spacial score (nSPS) is 10.2. The molecule has 2 aromatic rings. The summed E-state index contributed by atoms with van der Waals surface area (Å²) in [4.78, 5) is 10.7. The SMILES string of the molecule is CNc1cccc(Oc2ccc(C)cc2Cl)c1[N+](=O)[O-]. The standard InChI is InChI=1S/C14H13ClN2O3/c1-9-6-7-12(10(15)8-9)20-13-5-3-4-11(16-2)14(13)17(18)19/h3-8,16H,1-2H3. The summed E-state index contributed by atoms with van der Waals surface area (Å²) in [6, 6.07) is 10.1. The first-order chi connectivity index (χ1) is 9.52. The van der Waals surface area contributed by atoms with Gasteiger partial charge in [0.1, 0.15) is 11.4 Å². The zero-order chi connectivity index (χ0) is 14.7. The van der Waals surface area contributed by atoms with E-state index in [1.165, 1.54) is 6.07 Å². The summed E-state index contributed by atoms with van der Waals surface area (Å²) < 4.78 is 5.59. The minimum absolute atomic E-state index is 0.119. The molecule has 5 nitrogen and oxygen atoms in total. The van der Waals surface area contributed by atoms with Gasteiger partial charge in [0.15, 0.2) is 0 Å². The van der Waals surface area contributed by atoms with Crippen molar-refractivity contribution < 1.29 is 9.66 Å². The van der Waals surface area contributed by atoms with Gasteiger partial charge in [0.2, 0.25) is 5.75 Å². The van der Waals surface area contributed by atoms with Gasteiger partial charge in [0, 0.05) is 7.05 Å². The molecule has 0 aliphatic carbocycles. The quantitative estimate of drug-likeness (QED) is 0.670. The number of halogens is 1. The molecule has 1 N–H and O–H groups in total. The Bertz CT molecular complexity index is 659. The lowest BCUT2D eigenvalue weighted by Crippen LogP contribution is -1.99. The number of benzene rings is 2. The Hall–Kier alpha value is -2.27. The molecule has 2 aromatic carbocycles. The lowest BCUT2D eigenvalue weighted by Gasteiger charge is -2.10. The van der Waals surface area contributed by atoms with Gasteiger partial charge in [-0.25, -0.2) is 0 Å². The Morgan fingerprint density at radius 1 is 1.25 bits per heavy atom. The molecule has 2 rings (SSSR count). The predicted molar refractivity (Wildman–Crippen MR) is 78.9 cm³/mol. The maximum Gasteiger partial charge on any atom is 0.334 e. The minimum Gasteiger partial charge on any atom is -0.448 e. The van der Waals surface area contributed by atoms with E-state index in [-0.39, 0.29) is 11.4 Å². The minimum atomic E-state index is -0.483. The first-order valence-corrected chi connectivity index (χ1v) is 6.30. The third-order valence-corrected chi connectivity index (χ3v) is 3.05. The topological polar surface area (TPSA) is 64.4 Å². The molecule has 6 heteroatoms. The molecule has 0 aliphatic heterocycles. The van der Waals surface area contributed by atoms with Gasteiger partial charge in [0.25, 0.3) is 0 Å². The Labute approximate surface area is 121 Å². The lowest BCUT2D eigenvalue weighted by molar-refractivity contribution is -0.384. The molecule has 104 valence electrons. The van der Waals surface area contributed by atoms with Crippen LogP contribution in [-0.2, 0) is 0 Å². The maximum atomic E-state index is 11.2. The van der Waals surface area contributed by atoms with Crippen molar-refractivity contribution in [3.63, 3.8) is 0 Å². The van der Waals surface area contributed by atoms with E-state index < -0.39 is 4.92 Å². The van der Waals surface area contributed by atoms with Crippen molar-refractivity contribution in [2.75, 3.05) is 12.4 Å². The number of nitrogens with one attached hydrogen (secondary N) is 1. The molecule has 0 saturated carbocycles. The van der Waals surface area contributed by atoms with Gasteiger partial charge < -0.3 is 10.1 Å². The van der Waals surface area contributed by atoms with E-state index in [0.717, 1.165) is 5.56 Å². The van der Waals surface area contributed by atoms with Crippen molar-refractivity contribution in [1.29, 1.82) is 0 Å². The van der Waals surface area contributed by atoms with E-state index in [4.69, 9.17) is 16.3 Å². The highest BCUT2D eigenvalue weighted by Gasteiger charge is 2.21. The highest BCUT2D eigenvalue weighted by atomic mass is 35.5. The van der Waals surface area contributed by atoms with E-state index in [2.05, 4.69) is 5.32 Å². The molecule has 0 radical (unpaired) electrons. The summed E-state index contributed by atoms with van der Waals surface area (Å²) in [7, 11) is 1.62. The number of ether oxygens (including phenoxy) is 1. The Morgan fingerprint density at radius 3 is 2.60 bits per heavy atom. The highest BCUT2D eigenvalue weighted by molar-refractivity contribution is 6.32. The second-order valence-electron chi connectivity index (χ2n) is 4.20. The average molecular weight is 293 g/mol. The lowest BCUT2D eigenvalue weighted by atomic mass is 10.2. The summed E-state index contributed by atoms with van der Waals surface area (Å²) in [6.07, 6.45) is 0. The fourth-order valence-electron chi connectivity index (χ4n) is 1.80. The summed E-state index contributed by atoms with van der Waals surface area (Å²) in [5.74, 6) is 0.529. The number of aryl methyl sites for hydroxylation is 1. The Morgan fingerprint density at radius 2 is 2.00 bits per heavy atom. The number of nitro benzene ring substituents is 1. The van der Waals surface area contributed by atoms with Crippen LogP contribution in [0.3, 0.4) is 0 Å². The van der Waals surface area contributed by atoms with Crippen LogP contribution >= 0.6 is 11.6 Å². The second kappa shape index (κ2) is 5.79. The molecular weight excluding hydrogens is 280 g/mol. The van der Waals surface area contributed by atoms with E-state index in [1.54, 1.807) is 31.3 Å². The fraction of sp³-hybridized carbons (Fsp3) is 0.143. The van der Waals surface area contributed by atoms with Crippen molar-refractivity contribution in [2.24, 2.45) is 0 Å². The number of hydrogen-bond acceptors (Lipinski definition) is 4. The zero-order valence-corrected chi connectivity index (χ0v) is 11.8. The molecule has 0 aliphatic rings. The molecule has 0 unspecified atom stereocenters. The average Bonchev–Trinajstić information content (AvgIpc) is 2.41. The van der Waals surface area contributed by atoms with E-state index in [0.29, 0.717) is 16.5 Å². The van der Waals surface area contributed by atoms with Gasteiger partial charge in [-0.2, -0.15) is 0 Å². The molecule has 0 amide bonds. The third kappa shape index (κ3) is 2.83. The number of nitrogens with zero attached hydrogens (tertiary/aromatic N) is 1. The van der Waals surface area contributed by atoms with Gasteiger partial charge >= 0.3 is 5.69 Å². The summed E-state index contributed by atoms with van der Waals surface area (Å²) >= 11 is 6.07.